The highest BCUT2D eigenvalue weighted by atomic mass is 16.5. The van der Waals surface area contributed by atoms with Crippen LogP contribution in [0.25, 0.3) is 0 Å². The number of carbonyl (C=O) groups is 1. The van der Waals surface area contributed by atoms with Gasteiger partial charge in [-0.2, -0.15) is 0 Å². The lowest BCUT2D eigenvalue weighted by molar-refractivity contribution is -0.131. The summed E-state index contributed by atoms with van der Waals surface area (Å²) in [5, 5.41) is 3.52. The topological polar surface area (TPSA) is 50.8 Å². The number of amides is 1. The summed E-state index contributed by atoms with van der Waals surface area (Å²) >= 11 is 0. The van der Waals surface area contributed by atoms with E-state index in [1.54, 1.807) is 7.11 Å². The van der Waals surface area contributed by atoms with E-state index in [0.717, 1.165) is 12.8 Å². The summed E-state index contributed by atoms with van der Waals surface area (Å²) in [6.45, 7) is 11.0. The Hall–Kier alpha value is -0.650. The van der Waals surface area contributed by atoms with E-state index in [4.69, 9.17) is 9.47 Å². The molecule has 1 rings (SSSR count). The second kappa shape index (κ2) is 9.38. The summed E-state index contributed by atoms with van der Waals surface area (Å²) < 4.78 is 10.5. The lowest BCUT2D eigenvalue weighted by Crippen LogP contribution is -2.40. The molecule has 1 fully saturated rings. The van der Waals surface area contributed by atoms with E-state index in [1.807, 2.05) is 4.90 Å². The molecule has 0 aromatic rings. The molecule has 1 aliphatic rings. The van der Waals surface area contributed by atoms with Crippen molar-refractivity contribution >= 4 is 5.91 Å². The maximum atomic E-state index is 12.6. The first-order chi connectivity index (χ1) is 10.0. The molecule has 3 unspecified atom stereocenters. The van der Waals surface area contributed by atoms with Gasteiger partial charge in [-0.1, -0.05) is 34.1 Å². The molecule has 1 heterocycles. The van der Waals surface area contributed by atoms with Gasteiger partial charge in [0.05, 0.1) is 32.0 Å². The molecule has 1 N–H and O–H groups in total. The molecule has 0 aromatic heterocycles. The average molecular weight is 300 g/mol. The largest absolute Gasteiger partial charge is 0.382 e. The molecule has 124 valence electrons. The molecule has 5 nitrogen and oxygen atoms in total. The Bertz CT molecular complexity index is 310. The van der Waals surface area contributed by atoms with Crippen molar-refractivity contribution in [1.82, 2.24) is 10.2 Å². The third kappa shape index (κ3) is 5.57. The van der Waals surface area contributed by atoms with Crippen LogP contribution in [0.2, 0.25) is 0 Å². The highest BCUT2D eigenvalue weighted by Crippen LogP contribution is 2.22. The molecular weight excluding hydrogens is 268 g/mol. The summed E-state index contributed by atoms with van der Waals surface area (Å²) in [6.07, 6.45) is 2.13. The quantitative estimate of drug-likeness (QED) is 0.626. The molecule has 0 spiro atoms. The number of nitrogens with zero attached hydrogens (tertiary/aromatic N) is 1. The van der Waals surface area contributed by atoms with Gasteiger partial charge in [0.15, 0.2) is 0 Å². The first-order valence-electron chi connectivity index (χ1n) is 8.14. The Labute approximate surface area is 129 Å². The Morgan fingerprint density at radius 3 is 2.52 bits per heavy atom. The van der Waals surface area contributed by atoms with Crippen molar-refractivity contribution in [2.24, 2.45) is 11.8 Å². The summed E-state index contributed by atoms with van der Waals surface area (Å²) in [6, 6.07) is -0.0438. The van der Waals surface area contributed by atoms with E-state index < -0.39 is 0 Å². The van der Waals surface area contributed by atoms with Gasteiger partial charge in [-0.25, -0.2) is 0 Å². The molecule has 1 amide bonds. The van der Waals surface area contributed by atoms with Gasteiger partial charge >= 0.3 is 0 Å². The van der Waals surface area contributed by atoms with Crippen molar-refractivity contribution in [3.63, 3.8) is 0 Å². The van der Waals surface area contributed by atoms with E-state index in [2.05, 4.69) is 33.0 Å². The average Bonchev–Trinajstić information content (AvgIpc) is 2.74. The van der Waals surface area contributed by atoms with Crippen LogP contribution in [0.4, 0.5) is 0 Å². The van der Waals surface area contributed by atoms with Crippen LogP contribution in [0.15, 0.2) is 0 Å². The summed E-state index contributed by atoms with van der Waals surface area (Å²) in [5.74, 6) is 1.15. The van der Waals surface area contributed by atoms with Crippen molar-refractivity contribution in [3.8, 4) is 0 Å². The van der Waals surface area contributed by atoms with Crippen molar-refractivity contribution in [2.75, 3.05) is 33.5 Å². The smallest absolute Gasteiger partial charge is 0.241 e. The van der Waals surface area contributed by atoms with Crippen molar-refractivity contribution < 1.29 is 14.3 Å². The maximum Gasteiger partial charge on any atom is 0.241 e. The van der Waals surface area contributed by atoms with E-state index in [-0.39, 0.29) is 18.1 Å². The second-order valence-corrected chi connectivity index (χ2v) is 6.31. The van der Waals surface area contributed by atoms with E-state index >= 15 is 0 Å². The lowest BCUT2D eigenvalue weighted by Gasteiger charge is -2.25. The first-order valence-corrected chi connectivity index (χ1v) is 8.14. The molecule has 0 bridgehead atoms. The summed E-state index contributed by atoms with van der Waals surface area (Å²) in [5.41, 5.74) is 0. The van der Waals surface area contributed by atoms with Crippen LogP contribution >= 0.6 is 0 Å². The molecule has 21 heavy (non-hydrogen) atoms. The SMILES string of the molecule is CCC(C)C1NC(CC(C)C)N(CCOCCOC)C1=O. The van der Waals surface area contributed by atoms with Crippen molar-refractivity contribution in [3.05, 3.63) is 0 Å². The summed E-state index contributed by atoms with van der Waals surface area (Å²) in [4.78, 5) is 14.6. The van der Waals surface area contributed by atoms with Crippen LogP contribution in [-0.4, -0.2) is 56.5 Å². The minimum absolute atomic E-state index is 0.0438. The van der Waals surface area contributed by atoms with Crippen molar-refractivity contribution in [2.45, 2.75) is 52.7 Å². The van der Waals surface area contributed by atoms with E-state index in [9.17, 15) is 4.79 Å². The van der Waals surface area contributed by atoms with Gasteiger partial charge in [0.2, 0.25) is 5.91 Å². The lowest BCUT2D eigenvalue weighted by atomic mass is 9.99. The fourth-order valence-corrected chi connectivity index (χ4v) is 2.66. The number of ether oxygens (including phenoxy) is 2. The molecule has 0 aromatic carbocycles. The molecule has 1 saturated heterocycles. The Morgan fingerprint density at radius 2 is 1.95 bits per heavy atom. The molecule has 0 aliphatic carbocycles. The monoisotopic (exact) mass is 300 g/mol. The van der Waals surface area contributed by atoms with Gasteiger partial charge in [0.1, 0.15) is 0 Å². The Balaban J connectivity index is 2.55. The molecular formula is C16H32N2O3. The predicted molar refractivity (Wildman–Crippen MR) is 84.0 cm³/mol. The third-order valence-corrected chi connectivity index (χ3v) is 4.11. The number of hydrogen-bond donors (Lipinski definition) is 1. The molecule has 0 saturated carbocycles. The Morgan fingerprint density at radius 1 is 1.24 bits per heavy atom. The second-order valence-electron chi connectivity index (χ2n) is 6.31. The zero-order chi connectivity index (χ0) is 15.8. The summed E-state index contributed by atoms with van der Waals surface area (Å²) in [7, 11) is 1.66. The zero-order valence-corrected chi connectivity index (χ0v) is 14.2. The first kappa shape index (κ1) is 18.4. The van der Waals surface area contributed by atoms with Gasteiger partial charge in [-0.05, 0) is 18.3 Å². The molecule has 1 aliphatic heterocycles. The molecule has 5 heteroatoms. The minimum Gasteiger partial charge on any atom is -0.382 e. The molecule has 0 radical (unpaired) electrons. The van der Waals surface area contributed by atoms with Crippen LogP contribution in [0, 0.1) is 11.8 Å². The standard InChI is InChI=1S/C16H32N2O3/c1-6-13(4)15-16(19)18(7-8-21-10-9-20-5)14(17-15)11-12(2)3/h12-15,17H,6-11H2,1-5H3. The number of carbonyl (C=O) groups excluding carboxylic acids is 1. The number of rotatable bonds is 10. The van der Waals surface area contributed by atoms with E-state index in [1.165, 1.54) is 0 Å². The third-order valence-electron chi connectivity index (χ3n) is 4.11. The Kier molecular flexibility index (Phi) is 8.22. The van der Waals surface area contributed by atoms with Crippen LogP contribution < -0.4 is 5.32 Å². The van der Waals surface area contributed by atoms with Crippen LogP contribution in [-0.2, 0) is 14.3 Å². The van der Waals surface area contributed by atoms with Gasteiger partial charge in [0, 0.05) is 13.7 Å². The fourth-order valence-electron chi connectivity index (χ4n) is 2.66. The normalized spacial score (nSPS) is 24.1. The highest BCUT2D eigenvalue weighted by molar-refractivity contribution is 5.84. The van der Waals surface area contributed by atoms with Gasteiger partial charge in [-0.3, -0.25) is 10.1 Å². The number of hydrogen-bond acceptors (Lipinski definition) is 4. The number of methoxy groups -OCH3 is 1. The number of nitrogens with one attached hydrogen (secondary N) is 1. The van der Waals surface area contributed by atoms with Gasteiger partial charge in [-0.15, -0.1) is 0 Å². The molecule has 3 atom stereocenters. The zero-order valence-electron chi connectivity index (χ0n) is 14.2. The van der Waals surface area contributed by atoms with Crippen LogP contribution in [0.3, 0.4) is 0 Å². The highest BCUT2D eigenvalue weighted by Gasteiger charge is 2.40. The van der Waals surface area contributed by atoms with Crippen LogP contribution in [0.5, 0.6) is 0 Å². The maximum absolute atomic E-state index is 12.6. The fraction of sp³-hybridized carbons (Fsp3) is 0.938. The van der Waals surface area contributed by atoms with Gasteiger partial charge < -0.3 is 14.4 Å². The van der Waals surface area contributed by atoms with E-state index in [0.29, 0.717) is 38.2 Å². The van der Waals surface area contributed by atoms with Gasteiger partial charge in [0.25, 0.3) is 0 Å². The predicted octanol–water partition coefficient (Wildman–Crippen LogP) is 1.87. The van der Waals surface area contributed by atoms with Crippen molar-refractivity contribution in [1.29, 1.82) is 0 Å². The van der Waals surface area contributed by atoms with Crippen LogP contribution in [0.1, 0.15) is 40.5 Å². The minimum atomic E-state index is -0.0438.